The van der Waals surface area contributed by atoms with Gasteiger partial charge in [-0.05, 0) is 60.2 Å². The Balaban J connectivity index is 1.76. The van der Waals surface area contributed by atoms with E-state index in [4.69, 9.17) is 18.9 Å². The molecule has 1 aliphatic rings. The predicted octanol–water partition coefficient (Wildman–Crippen LogP) is 4.94. The SMILES string of the molecule is COc1ccc(C(OCC[C@H]2OCCC[C@@H]2O)(c2ccccc2)c2ccc(OC)cc2)cc1. The molecule has 4 rings (SSSR count). The first-order valence-electron chi connectivity index (χ1n) is 11.5. The average Bonchev–Trinajstić information content (AvgIpc) is 2.88. The fraction of sp³-hybridized carbons (Fsp3) is 0.357. The molecule has 5 nitrogen and oxygen atoms in total. The van der Waals surface area contributed by atoms with Crippen LogP contribution < -0.4 is 9.47 Å². The van der Waals surface area contributed by atoms with Gasteiger partial charge in [-0.2, -0.15) is 0 Å². The van der Waals surface area contributed by atoms with Crippen molar-refractivity contribution < 1.29 is 24.1 Å². The third kappa shape index (κ3) is 5.06. The van der Waals surface area contributed by atoms with Gasteiger partial charge >= 0.3 is 0 Å². The lowest BCUT2D eigenvalue weighted by atomic mass is 9.80. The molecule has 1 aliphatic heterocycles. The number of aliphatic hydroxyl groups excluding tert-OH is 1. The summed E-state index contributed by atoms with van der Waals surface area (Å²) in [4.78, 5) is 0. The summed E-state index contributed by atoms with van der Waals surface area (Å²) in [6, 6.07) is 26.2. The summed E-state index contributed by atoms with van der Waals surface area (Å²) >= 11 is 0. The van der Waals surface area contributed by atoms with Crippen LogP contribution in [0.5, 0.6) is 11.5 Å². The molecule has 1 heterocycles. The molecule has 3 aromatic rings. The zero-order valence-corrected chi connectivity index (χ0v) is 19.3. The molecular formula is C28H32O5. The van der Waals surface area contributed by atoms with Gasteiger partial charge in [-0.15, -0.1) is 0 Å². The van der Waals surface area contributed by atoms with Gasteiger partial charge in [-0.1, -0.05) is 54.6 Å². The Morgan fingerprint density at radius 3 is 1.88 bits per heavy atom. The molecule has 0 aromatic heterocycles. The van der Waals surface area contributed by atoms with Gasteiger partial charge in [0.25, 0.3) is 0 Å². The van der Waals surface area contributed by atoms with Crippen LogP contribution in [0.1, 0.15) is 36.0 Å². The zero-order chi connectivity index (χ0) is 23.1. The van der Waals surface area contributed by atoms with Crippen molar-refractivity contribution >= 4 is 0 Å². The van der Waals surface area contributed by atoms with E-state index in [0.717, 1.165) is 41.0 Å². The average molecular weight is 449 g/mol. The monoisotopic (exact) mass is 448 g/mol. The van der Waals surface area contributed by atoms with Gasteiger partial charge in [0.1, 0.15) is 17.1 Å². The van der Waals surface area contributed by atoms with Gasteiger partial charge in [0.2, 0.25) is 0 Å². The van der Waals surface area contributed by atoms with E-state index in [1.165, 1.54) is 0 Å². The lowest BCUT2D eigenvalue weighted by Crippen LogP contribution is -2.37. The van der Waals surface area contributed by atoms with Crippen LogP contribution in [0.2, 0.25) is 0 Å². The van der Waals surface area contributed by atoms with Crippen LogP contribution in [0.3, 0.4) is 0 Å². The first-order valence-corrected chi connectivity index (χ1v) is 11.5. The lowest BCUT2D eigenvalue weighted by molar-refractivity contribution is -0.0943. The summed E-state index contributed by atoms with van der Waals surface area (Å²) in [7, 11) is 3.32. The highest BCUT2D eigenvalue weighted by atomic mass is 16.5. The molecule has 5 heteroatoms. The lowest BCUT2D eigenvalue weighted by Gasteiger charge is -2.37. The Hall–Kier alpha value is -2.86. The minimum atomic E-state index is -0.848. The third-order valence-corrected chi connectivity index (χ3v) is 6.30. The van der Waals surface area contributed by atoms with E-state index in [2.05, 4.69) is 12.1 Å². The standard InChI is InChI=1S/C28H32O5/c1-30-24-14-10-22(11-15-24)28(21-7-4-3-5-8-21,23-12-16-25(31-2)17-13-23)33-20-18-27-26(29)9-6-19-32-27/h3-5,7-8,10-17,26-27,29H,6,9,18-20H2,1-2H3/t26-,27+/m0/s1. The van der Waals surface area contributed by atoms with Crippen LogP contribution in [0, 0.1) is 0 Å². The molecule has 3 aromatic carbocycles. The molecule has 0 bridgehead atoms. The maximum Gasteiger partial charge on any atom is 0.143 e. The van der Waals surface area contributed by atoms with Crippen LogP contribution in [0.25, 0.3) is 0 Å². The Morgan fingerprint density at radius 2 is 1.36 bits per heavy atom. The Labute approximate surface area is 195 Å². The molecule has 0 unspecified atom stereocenters. The summed E-state index contributed by atoms with van der Waals surface area (Å²) in [5.74, 6) is 1.57. The minimum Gasteiger partial charge on any atom is -0.497 e. The molecule has 33 heavy (non-hydrogen) atoms. The molecular weight excluding hydrogens is 416 g/mol. The third-order valence-electron chi connectivity index (χ3n) is 6.30. The van der Waals surface area contributed by atoms with Crippen molar-refractivity contribution in [1.29, 1.82) is 0 Å². The van der Waals surface area contributed by atoms with E-state index >= 15 is 0 Å². The first-order chi connectivity index (χ1) is 16.2. The van der Waals surface area contributed by atoms with E-state index in [0.29, 0.717) is 19.6 Å². The van der Waals surface area contributed by atoms with Gasteiger partial charge in [0.15, 0.2) is 0 Å². The topological polar surface area (TPSA) is 57.2 Å². The van der Waals surface area contributed by atoms with E-state index in [-0.39, 0.29) is 6.10 Å². The predicted molar refractivity (Wildman–Crippen MR) is 128 cm³/mol. The number of hydrogen-bond donors (Lipinski definition) is 1. The number of benzene rings is 3. The van der Waals surface area contributed by atoms with Crippen LogP contribution in [0.15, 0.2) is 78.9 Å². The largest absolute Gasteiger partial charge is 0.497 e. The van der Waals surface area contributed by atoms with E-state index in [1.807, 2.05) is 66.7 Å². The quantitative estimate of drug-likeness (QED) is 0.470. The number of ether oxygens (including phenoxy) is 4. The number of rotatable bonds is 9. The normalized spacial score (nSPS) is 18.6. The summed E-state index contributed by atoms with van der Waals surface area (Å²) in [6.07, 6.45) is 1.62. The summed E-state index contributed by atoms with van der Waals surface area (Å²) < 4.78 is 23.4. The van der Waals surface area contributed by atoms with Gasteiger partial charge in [-0.25, -0.2) is 0 Å². The fourth-order valence-corrected chi connectivity index (χ4v) is 4.50. The fourth-order valence-electron chi connectivity index (χ4n) is 4.50. The van der Waals surface area contributed by atoms with Crippen molar-refractivity contribution in [3.05, 3.63) is 95.6 Å². The minimum absolute atomic E-state index is 0.209. The van der Waals surface area contributed by atoms with Crippen molar-refractivity contribution in [2.75, 3.05) is 27.4 Å². The highest BCUT2D eigenvalue weighted by Crippen LogP contribution is 2.42. The number of aliphatic hydroxyl groups is 1. The maximum absolute atomic E-state index is 10.4. The van der Waals surface area contributed by atoms with Gasteiger partial charge in [0.05, 0.1) is 33.0 Å². The van der Waals surface area contributed by atoms with Gasteiger partial charge in [0, 0.05) is 6.61 Å². The Bertz CT molecular complexity index is 938. The van der Waals surface area contributed by atoms with E-state index < -0.39 is 11.7 Å². The Kier molecular flexibility index (Phi) is 7.65. The van der Waals surface area contributed by atoms with Crippen molar-refractivity contribution in [3.63, 3.8) is 0 Å². The van der Waals surface area contributed by atoms with E-state index in [9.17, 15) is 5.11 Å². The second-order valence-electron chi connectivity index (χ2n) is 8.26. The molecule has 0 spiro atoms. The van der Waals surface area contributed by atoms with Crippen molar-refractivity contribution in [2.24, 2.45) is 0 Å². The Morgan fingerprint density at radius 1 is 0.818 bits per heavy atom. The molecule has 0 aliphatic carbocycles. The van der Waals surface area contributed by atoms with Gasteiger partial charge < -0.3 is 24.1 Å². The van der Waals surface area contributed by atoms with Gasteiger partial charge in [-0.3, -0.25) is 0 Å². The molecule has 1 saturated heterocycles. The molecule has 0 amide bonds. The van der Waals surface area contributed by atoms with Crippen molar-refractivity contribution in [1.82, 2.24) is 0 Å². The zero-order valence-electron chi connectivity index (χ0n) is 19.3. The van der Waals surface area contributed by atoms with Crippen LogP contribution in [-0.4, -0.2) is 44.7 Å². The first kappa shape index (κ1) is 23.3. The maximum atomic E-state index is 10.4. The van der Waals surface area contributed by atoms with Crippen LogP contribution in [0.4, 0.5) is 0 Å². The van der Waals surface area contributed by atoms with Crippen molar-refractivity contribution in [3.8, 4) is 11.5 Å². The summed E-state index contributed by atoms with van der Waals surface area (Å²) in [5.41, 5.74) is 2.15. The highest BCUT2D eigenvalue weighted by molar-refractivity contribution is 5.49. The van der Waals surface area contributed by atoms with Crippen LogP contribution >= 0.6 is 0 Å². The number of hydrogen-bond acceptors (Lipinski definition) is 5. The molecule has 1 N–H and O–H groups in total. The molecule has 0 radical (unpaired) electrons. The van der Waals surface area contributed by atoms with Crippen molar-refractivity contribution in [2.45, 2.75) is 37.1 Å². The molecule has 2 atom stereocenters. The molecule has 1 fully saturated rings. The molecule has 174 valence electrons. The van der Waals surface area contributed by atoms with E-state index in [1.54, 1.807) is 14.2 Å². The second-order valence-corrected chi connectivity index (χ2v) is 8.26. The number of methoxy groups -OCH3 is 2. The van der Waals surface area contributed by atoms with Crippen LogP contribution in [-0.2, 0) is 15.1 Å². The summed E-state index contributed by atoms with van der Waals surface area (Å²) in [5, 5.41) is 10.4. The smallest absolute Gasteiger partial charge is 0.143 e. The second kappa shape index (κ2) is 10.8. The highest BCUT2D eigenvalue weighted by Gasteiger charge is 2.38. The molecule has 0 saturated carbocycles. The summed E-state index contributed by atoms with van der Waals surface area (Å²) in [6.45, 7) is 1.11.